The molecule has 0 spiro atoms. The predicted octanol–water partition coefficient (Wildman–Crippen LogP) is 3.49. The molecule has 0 saturated heterocycles. The molecule has 1 N–H and O–H groups in total. The lowest BCUT2D eigenvalue weighted by Crippen LogP contribution is -2.32. The van der Waals surface area contributed by atoms with Crippen LogP contribution in [0.15, 0.2) is 18.2 Å². The van der Waals surface area contributed by atoms with E-state index < -0.39 is 0 Å². The Labute approximate surface area is 117 Å². The summed E-state index contributed by atoms with van der Waals surface area (Å²) in [7, 11) is 1.52. The first kappa shape index (κ1) is 15.1. The van der Waals surface area contributed by atoms with Gasteiger partial charge < -0.3 is 10.1 Å². The Morgan fingerprint density at radius 3 is 2.83 bits per heavy atom. The molecule has 5 heteroatoms. The van der Waals surface area contributed by atoms with Crippen LogP contribution in [0.2, 0.25) is 5.02 Å². The number of benzene rings is 1. The van der Waals surface area contributed by atoms with E-state index in [2.05, 4.69) is 5.32 Å². The summed E-state index contributed by atoms with van der Waals surface area (Å²) in [4.78, 5) is 12.1. The van der Waals surface area contributed by atoms with Crippen LogP contribution in [-0.4, -0.2) is 24.9 Å². The molecular weight excluding hydrogens is 273 g/mol. The van der Waals surface area contributed by atoms with Crippen molar-refractivity contribution >= 4 is 29.1 Å². The molecule has 100 valence electrons. The van der Waals surface area contributed by atoms with Crippen LogP contribution in [0.25, 0.3) is 0 Å². The highest BCUT2D eigenvalue weighted by Crippen LogP contribution is 2.22. The fourth-order valence-electron chi connectivity index (χ4n) is 1.61. The quantitative estimate of drug-likeness (QED) is 0.814. The zero-order valence-corrected chi connectivity index (χ0v) is 12.0. The zero-order valence-electron chi connectivity index (χ0n) is 10.5. The van der Waals surface area contributed by atoms with Crippen LogP contribution >= 0.6 is 23.2 Å². The van der Waals surface area contributed by atoms with Crippen molar-refractivity contribution in [1.29, 1.82) is 0 Å². The normalized spacial score (nSPS) is 12.0. The standard InChI is InChI=1S/C13H17Cl2NO2/c1-9(4-3-7-14)16-13(17)11-8-10(15)5-6-12(11)18-2/h5-6,8-9H,3-4,7H2,1-2H3,(H,16,17). The Balaban J connectivity index is 2.74. The summed E-state index contributed by atoms with van der Waals surface area (Å²) < 4.78 is 5.14. The highest BCUT2D eigenvalue weighted by Gasteiger charge is 2.14. The predicted molar refractivity (Wildman–Crippen MR) is 74.9 cm³/mol. The van der Waals surface area contributed by atoms with Crippen molar-refractivity contribution in [3.63, 3.8) is 0 Å². The maximum absolute atomic E-state index is 12.1. The Hall–Kier alpha value is -0.930. The third-order valence-electron chi connectivity index (χ3n) is 2.55. The lowest BCUT2D eigenvalue weighted by Gasteiger charge is -2.15. The molecule has 0 heterocycles. The number of nitrogens with one attached hydrogen (secondary N) is 1. The number of carbonyl (C=O) groups excluding carboxylic acids is 1. The average Bonchev–Trinajstić information content (AvgIpc) is 2.36. The van der Waals surface area contributed by atoms with Crippen molar-refractivity contribution in [3.05, 3.63) is 28.8 Å². The second kappa shape index (κ2) is 7.49. The summed E-state index contributed by atoms with van der Waals surface area (Å²) in [6, 6.07) is 5.04. The van der Waals surface area contributed by atoms with E-state index in [1.807, 2.05) is 6.92 Å². The van der Waals surface area contributed by atoms with Gasteiger partial charge in [-0.1, -0.05) is 11.6 Å². The molecule has 1 unspecified atom stereocenters. The molecule has 0 aliphatic heterocycles. The summed E-state index contributed by atoms with van der Waals surface area (Å²) in [5, 5.41) is 3.41. The van der Waals surface area contributed by atoms with Gasteiger partial charge >= 0.3 is 0 Å². The Morgan fingerprint density at radius 2 is 2.22 bits per heavy atom. The molecule has 0 bridgehead atoms. The van der Waals surface area contributed by atoms with Gasteiger partial charge in [-0.2, -0.15) is 0 Å². The maximum Gasteiger partial charge on any atom is 0.255 e. The van der Waals surface area contributed by atoms with E-state index in [4.69, 9.17) is 27.9 Å². The van der Waals surface area contributed by atoms with Crippen molar-refractivity contribution in [2.45, 2.75) is 25.8 Å². The van der Waals surface area contributed by atoms with Crippen molar-refractivity contribution in [1.82, 2.24) is 5.32 Å². The van der Waals surface area contributed by atoms with E-state index in [1.165, 1.54) is 7.11 Å². The third-order valence-corrected chi connectivity index (χ3v) is 3.06. The SMILES string of the molecule is COc1ccc(Cl)cc1C(=O)NC(C)CCCCl. The van der Waals surface area contributed by atoms with Crippen LogP contribution in [-0.2, 0) is 0 Å². The number of amides is 1. The average molecular weight is 290 g/mol. The fourth-order valence-corrected chi connectivity index (χ4v) is 1.94. The van der Waals surface area contributed by atoms with Crippen LogP contribution < -0.4 is 10.1 Å². The summed E-state index contributed by atoms with van der Waals surface area (Å²) in [6.07, 6.45) is 1.72. The molecule has 1 amide bonds. The van der Waals surface area contributed by atoms with E-state index in [0.717, 1.165) is 12.8 Å². The van der Waals surface area contributed by atoms with Gasteiger partial charge in [0.15, 0.2) is 0 Å². The molecule has 1 aromatic carbocycles. The second-order valence-electron chi connectivity index (χ2n) is 4.05. The van der Waals surface area contributed by atoms with Crippen molar-refractivity contribution in [2.75, 3.05) is 13.0 Å². The number of halogens is 2. The van der Waals surface area contributed by atoms with Crippen molar-refractivity contribution < 1.29 is 9.53 Å². The van der Waals surface area contributed by atoms with E-state index in [9.17, 15) is 4.79 Å². The summed E-state index contributed by atoms with van der Waals surface area (Å²) >= 11 is 11.5. The molecular formula is C13H17Cl2NO2. The summed E-state index contributed by atoms with van der Waals surface area (Å²) in [5.74, 6) is 0.929. The van der Waals surface area contributed by atoms with Gasteiger partial charge in [-0.15, -0.1) is 11.6 Å². The van der Waals surface area contributed by atoms with Crippen molar-refractivity contribution in [2.24, 2.45) is 0 Å². The van der Waals surface area contributed by atoms with Crippen LogP contribution in [0, 0.1) is 0 Å². The molecule has 0 aliphatic rings. The van der Waals surface area contributed by atoms with E-state index in [0.29, 0.717) is 22.2 Å². The highest BCUT2D eigenvalue weighted by molar-refractivity contribution is 6.31. The fraction of sp³-hybridized carbons (Fsp3) is 0.462. The first-order valence-electron chi connectivity index (χ1n) is 5.79. The molecule has 0 fully saturated rings. The van der Waals surface area contributed by atoms with E-state index in [1.54, 1.807) is 18.2 Å². The van der Waals surface area contributed by atoms with Crippen LogP contribution in [0.1, 0.15) is 30.1 Å². The Kier molecular flexibility index (Phi) is 6.30. The summed E-state index contributed by atoms with van der Waals surface area (Å²) in [5.41, 5.74) is 0.447. The minimum Gasteiger partial charge on any atom is -0.496 e. The molecule has 0 aromatic heterocycles. The van der Waals surface area contributed by atoms with Crippen LogP contribution in [0.3, 0.4) is 0 Å². The van der Waals surface area contributed by atoms with Gasteiger partial charge in [-0.05, 0) is 38.0 Å². The number of hydrogen-bond donors (Lipinski definition) is 1. The Bertz CT molecular complexity index is 410. The highest BCUT2D eigenvalue weighted by atomic mass is 35.5. The van der Waals surface area contributed by atoms with Gasteiger partial charge in [0.2, 0.25) is 0 Å². The van der Waals surface area contributed by atoms with Gasteiger partial charge in [0.1, 0.15) is 5.75 Å². The molecule has 1 rings (SSSR count). The van der Waals surface area contributed by atoms with Crippen molar-refractivity contribution in [3.8, 4) is 5.75 Å². The minimum absolute atomic E-state index is 0.0694. The maximum atomic E-state index is 12.1. The first-order valence-corrected chi connectivity index (χ1v) is 6.70. The number of hydrogen-bond acceptors (Lipinski definition) is 2. The second-order valence-corrected chi connectivity index (χ2v) is 4.86. The van der Waals surface area contributed by atoms with Gasteiger partial charge in [0, 0.05) is 16.9 Å². The Morgan fingerprint density at radius 1 is 1.50 bits per heavy atom. The molecule has 3 nitrogen and oxygen atoms in total. The molecule has 0 radical (unpaired) electrons. The van der Waals surface area contributed by atoms with Gasteiger partial charge in [-0.3, -0.25) is 4.79 Å². The molecule has 0 saturated carbocycles. The van der Waals surface area contributed by atoms with Crippen LogP contribution in [0.5, 0.6) is 5.75 Å². The van der Waals surface area contributed by atoms with Gasteiger partial charge in [0.25, 0.3) is 5.91 Å². The topological polar surface area (TPSA) is 38.3 Å². The minimum atomic E-state index is -0.184. The first-order chi connectivity index (χ1) is 8.58. The van der Waals surface area contributed by atoms with Crippen LogP contribution in [0.4, 0.5) is 0 Å². The van der Waals surface area contributed by atoms with E-state index in [-0.39, 0.29) is 11.9 Å². The smallest absolute Gasteiger partial charge is 0.255 e. The molecule has 1 atom stereocenters. The number of alkyl halides is 1. The number of carbonyl (C=O) groups is 1. The molecule has 1 aromatic rings. The third kappa shape index (κ3) is 4.39. The number of ether oxygens (including phenoxy) is 1. The van der Waals surface area contributed by atoms with Gasteiger partial charge in [-0.25, -0.2) is 0 Å². The lowest BCUT2D eigenvalue weighted by atomic mass is 10.1. The zero-order chi connectivity index (χ0) is 13.5. The molecule has 0 aliphatic carbocycles. The largest absolute Gasteiger partial charge is 0.496 e. The monoisotopic (exact) mass is 289 g/mol. The molecule has 18 heavy (non-hydrogen) atoms. The number of rotatable bonds is 6. The van der Waals surface area contributed by atoms with Gasteiger partial charge in [0.05, 0.1) is 12.7 Å². The summed E-state index contributed by atoms with van der Waals surface area (Å²) in [6.45, 7) is 1.95. The number of methoxy groups -OCH3 is 1. The lowest BCUT2D eigenvalue weighted by molar-refractivity contribution is 0.0935. The van der Waals surface area contributed by atoms with E-state index >= 15 is 0 Å².